The van der Waals surface area contributed by atoms with E-state index in [1.165, 1.54) is 0 Å². The maximum atomic E-state index is 11.5. The van der Waals surface area contributed by atoms with E-state index in [1.54, 1.807) is 7.11 Å². The van der Waals surface area contributed by atoms with Crippen molar-refractivity contribution in [2.45, 2.75) is 32.4 Å². The molecule has 0 bridgehead atoms. The monoisotopic (exact) mass is 200 g/mol. The van der Waals surface area contributed by atoms with Gasteiger partial charge in [-0.15, -0.1) is 0 Å². The summed E-state index contributed by atoms with van der Waals surface area (Å²) in [4.78, 5) is 11.5. The van der Waals surface area contributed by atoms with Crippen LogP contribution in [0.1, 0.15) is 20.3 Å². The molecule has 0 saturated carbocycles. The molecule has 0 aromatic heterocycles. The van der Waals surface area contributed by atoms with Gasteiger partial charge >= 0.3 is 0 Å². The summed E-state index contributed by atoms with van der Waals surface area (Å²) in [6.45, 7) is 5.71. The van der Waals surface area contributed by atoms with Crippen molar-refractivity contribution in [3.8, 4) is 0 Å². The highest BCUT2D eigenvalue weighted by molar-refractivity contribution is 5.76. The molecule has 0 spiro atoms. The van der Waals surface area contributed by atoms with E-state index in [2.05, 4.69) is 10.6 Å². The molecule has 4 heteroatoms. The first kappa shape index (κ1) is 11.5. The normalized spacial score (nSPS) is 26.9. The number of rotatable bonds is 4. The predicted octanol–water partition coefficient (Wildman–Crippen LogP) is 0.135. The Morgan fingerprint density at radius 3 is 2.86 bits per heavy atom. The van der Waals surface area contributed by atoms with Gasteiger partial charge in [0.05, 0.1) is 12.1 Å². The zero-order valence-electron chi connectivity index (χ0n) is 9.17. The first-order chi connectivity index (χ1) is 6.63. The third kappa shape index (κ3) is 3.27. The van der Waals surface area contributed by atoms with Gasteiger partial charge in [-0.25, -0.2) is 0 Å². The summed E-state index contributed by atoms with van der Waals surface area (Å²) < 4.78 is 5.25. The van der Waals surface area contributed by atoms with Gasteiger partial charge in [0.2, 0.25) is 5.91 Å². The van der Waals surface area contributed by atoms with Crippen molar-refractivity contribution in [2.75, 3.05) is 20.2 Å². The van der Waals surface area contributed by atoms with Crippen molar-refractivity contribution in [1.82, 2.24) is 10.6 Å². The second-order valence-corrected chi connectivity index (χ2v) is 4.20. The SMILES string of the molecule is COC1CNCC1NC(=O)CC(C)C. The lowest BCUT2D eigenvalue weighted by molar-refractivity contribution is -0.123. The second kappa shape index (κ2) is 5.32. The molecule has 1 amide bonds. The molecule has 14 heavy (non-hydrogen) atoms. The number of ether oxygens (including phenoxy) is 1. The van der Waals surface area contributed by atoms with Crippen LogP contribution in [-0.2, 0) is 9.53 Å². The molecule has 1 fully saturated rings. The molecule has 1 rings (SSSR count). The van der Waals surface area contributed by atoms with Crippen LogP contribution in [0, 0.1) is 5.92 Å². The van der Waals surface area contributed by atoms with Crippen LogP contribution >= 0.6 is 0 Å². The van der Waals surface area contributed by atoms with Gasteiger partial charge in [-0.1, -0.05) is 13.8 Å². The van der Waals surface area contributed by atoms with Gasteiger partial charge in [-0.2, -0.15) is 0 Å². The van der Waals surface area contributed by atoms with Gasteiger partial charge in [0, 0.05) is 26.6 Å². The maximum Gasteiger partial charge on any atom is 0.220 e. The molecular weight excluding hydrogens is 180 g/mol. The average molecular weight is 200 g/mol. The highest BCUT2D eigenvalue weighted by Crippen LogP contribution is 2.05. The number of carbonyl (C=O) groups excluding carboxylic acids is 1. The molecule has 1 heterocycles. The van der Waals surface area contributed by atoms with E-state index in [4.69, 9.17) is 4.74 Å². The number of methoxy groups -OCH3 is 1. The van der Waals surface area contributed by atoms with Crippen molar-refractivity contribution in [1.29, 1.82) is 0 Å². The Hall–Kier alpha value is -0.610. The molecule has 1 aliphatic rings. The molecule has 0 aliphatic carbocycles. The zero-order chi connectivity index (χ0) is 10.6. The van der Waals surface area contributed by atoms with Crippen molar-refractivity contribution in [2.24, 2.45) is 5.92 Å². The van der Waals surface area contributed by atoms with E-state index in [-0.39, 0.29) is 18.1 Å². The number of carbonyl (C=O) groups is 1. The number of amides is 1. The van der Waals surface area contributed by atoms with Gasteiger partial charge < -0.3 is 15.4 Å². The van der Waals surface area contributed by atoms with E-state index in [9.17, 15) is 4.79 Å². The van der Waals surface area contributed by atoms with Crippen LogP contribution in [0.25, 0.3) is 0 Å². The Morgan fingerprint density at radius 2 is 2.29 bits per heavy atom. The minimum atomic E-state index is 0.117. The summed E-state index contributed by atoms with van der Waals surface area (Å²) in [5.74, 6) is 0.529. The Balaban J connectivity index is 2.32. The third-order valence-electron chi connectivity index (χ3n) is 2.40. The molecule has 0 aromatic rings. The van der Waals surface area contributed by atoms with Crippen molar-refractivity contribution >= 4 is 5.91 Å². The molecule has 0 aromatic carbocycles. The van der Waals surface area contributed by atoms with Crippen LogP contribution in [0.15, 0.2) is 0 Å². The predicted molar refractivity (Wildman–Crippen MR) is 55.1 cm³/mol. The number of nitrogens with one attached hydrogen (secondary N) is 2. The number of hydrogen-bond donors (Lipinski definition) is 2. The van der Waals surface area contributed by atoms with Gasteiger partial charge in [0.1, 0.15) is 0 Å². The van der Waals surface area contributed by atoms with Gasteiger partial charge in [-0.3, -0.25) is 4.79 Å². The number of hydrogen-bond acceptors (Lipinski definition) is 3. The second-order valence-electron chi connectivity index (χ2n) is 4.20. The molecule has 82 valence electrons. The largest absolute Gasteiger partial charge is 0.378 e. The summed E-state index contributed by atoms with van der Waals surface area (Å²) in [5.41, 5.74) is 0. The van der Waals surface area contributed by atoms with Crippen LogP contribution in [0.3, 0.4) is 0 Å². The minimum absolute atomic E-state index is 0.117. The van der Waals surface area contributed by atoms with Crippen LogP contribution in [-0.4, -0.2) is 38.3 Å². The van der Waals surface area contributed by atoms with E-state index < -0.39 is 0 Å². The summed E-state index contributed by atoms with van der Waals surface area (Å²) >= 11 is 0. The van der Waals surface area contributed by atoms with Crippen LogP contribution in [0.5, 0.6) is 0 Å². The summed E-state index contributed by atoms with van der Waals surface area (Å²) in [7, 11) is 1.68. The average Bonchev–Trinajstić information content (AvgIpc) is 2.50. The Labute approximate surface area is 85.4 Å². The van der Waals surface area contributed by atoms with E-state index in [0.29, 0.717) is 12.3 Å². The third-order valence-corrected chi connectivity index (χ3v) is 2.40. The van der Waals surface area contributed by atoms with Crippen molar-refractivity contribution in [3.05, 3.63) is 0 Å². The van der Waals surface area contributed by atoms with Crippen LogP contribution < -0.4 is 10.6 Å². The van der Waals surface area contributed by atoms with Gasteiger partial charge in [0.15, 0.2) is 0 Å². The molecule has 1 saturated heterocycles. The van der Waals surface area contributed by atoms with Crippen molar-refractivity contribution in [3.63, 3.8) is 0 Å². The Kier molecular flexibility index (Phi) is 4.35. The fraction of sp³-hybridized carbons (Fsp3) is 0.900. The summed E-state index contributed by atoms with van der Waals surface area (Å²) in [5, 5.41) is 6.18. The topological polar surface area (TPSA) is 50.4 Å². The molecule has 0 radical (unpaired) electrons. The van der Waals surface area contributed by atoms with E-state index in [0.717, 1.165) is 13.1 Å². The lowest BCUT2D eigenvalue weighted by Crippen LogP contribution is -2.43. The standard InChI is InChI=1S/C10H20N2O2/c1-7(2)4-10(13)12-8-5-11-6-9(8)14-3/h7-9,11H,4-6H2,1-3H3,(H,12,13). The highest BCUT2D eigenvalue weighted by atomic mass is 16.5. The molecule has 2 atom stereocenters. The molecule has 2 N–H and O–H groups in total. The van der Waals surface area contributed by atoms with Gasteiger partial charge in [-0.05, 0) is 5.92 Å². The van der Waals surface area contributed by atoms with E-state index >= 15 is 0 Å². The van der Waals surface area contributed by atoms with Crippen LogP contribution in [0.2, 0.25) is 0 Å². The van der Waals surface area contributed by atoms with Gasteiger partial charge in [0.25, 0.3) is 0 Å². The first-order valence-electron chi connectivity index (χ1n) is 5.16. The quantitative estimate of drug-likeness (QED) is 0.678. The summed E-state index contributed by atoms with van der Waals surface area (Å²) in [6, 6.07) is 0.131. The lowest BCUT2D eigenvalue weighted by atomic mass is 10.1. The molecular formula is C10H20N2O2. The van der Waals surface area contributed by atoms with Crippen molar-refractivity contribution < 1.29 is 9.53 Å². The van der Waals surface area contributed by atoms with Crippen LogP contribution in [0.4, 0.5) is 0 Å². The molecule has 2 unspecified atom stereocenters. The lowest BCUT2D eigenvalue weighted by Gasteiger charge is -2.19. The Bertz CT molecular complexity index is 195. The Morgan fingerprint density at radius 1 is 1.57 bits per heavy atom. The molecule has 1 aliphatic heterocycles. The summed E-state index contributed by atoms with van der Waals surface area (Å²) in [6.07, 6.45) is 0.707. The minimum Gasteiger partial charge on any atom is -0.378 e. The first-order valence-corrected chi connectivity index (χ1v) is 5.16. The smallest absolute Gasteiger partial charge is 0.220 e. The van der Waals surface area contributed by atoms with E-state index in [1.807, 2.05) is 13.8 Å². The fourth-order valence-corrected chi connectivity index (χ4v) is 1.68. The zero-order valence-corrected chi connectivity index (χ0v) is 9.17. The maximum absolute atomic E-state index is 11.5. The highest BCUT2D eigenvalue weighted by Gasteiger charge is 2.27. The fourth-order valence-electron chi connectivity index (χ4n) is 1.68. The molecule has 4 nitrogen and oxygen atoms in total.